The molecule has 0 amide bonds. The highest BCUT2D eigenvalue weighted by atomic mass is 16.5. The Bertz CT molecular complexity index is 283. The fourth-order valence-electron chi connectivity index (χ4n) is 2.42. The van der Waals surface area contributed by atoms with Crippen LogP contribution in [0.15, 0.2) is 12.8 Å². The van der Waals surface area contributed by atoms with Gasteiger partial charge in [-0.05, 0) is 24.7 Å². The lowest BCUT2D eigenvalue weighted by Crippen LogP contribution is -2.19. The smallest absolute Gasteiger partial charge is 0.314 e. The number of hydrogen-bond acceptors (Lipinski definition) is 3. The second-order valence-electron chi connectivity index (χ2n) is 4.26. The van der Waals surface area contributed by atoms with Gasteiger partial charge in [-0.25, -0.2) is 0 Å². The number of esters is 1. The highest BCUT2D eigenvalue weighted by Crippen LogP contribution is 2.61. The number of rotatable bonds is 2. The van der Waals surface area contributed by atoms with Crippen LogP contribution in [0.1, 0.15) is 32.1 Å². The lowest BCUT2D eigenvalue weighted by molar-refractivity contribution is -0.141. The van der Waals surface area contributed by atoms with E-state index in [2.05, 4.69) is 6.58 Å². The summed E-state index contributed by atoms with van der Waals surface area (Å²) < 4.78 is 4.76. The Hall–Kier alpha value is -1.12. The van der Waals surface area contributed by atoms with Gasteiger partial charge < -0.3 is 4.74 Å². The van der Waals surface area contributed by atoms with Crippen molar-refractivity contribution in [3.05, 3.63) is 12.8 Å². The molecule has 0 heterocycles. The zero-order chi connectivity index (χ0) is 10.2. The van der Waals surface area contributed by atoms with Crippen LogP contribution >= 0.6 is 0 Å². The summed E-state index contributed by atoms with van der Waals surface area (Å²) in [5, 5.41) is 0. The first-order valence-electron chi connectivity index (χ1n) is 5.01. The molecular formula is C11H14O3. The van der Waals surface area contributed by atoms with Gasteiger partial charge in [-0.2, -0.15) is 0 Å². The van der Waals surface area contributed by atoms with Crippen molar-refractivity contribution >= 4 is 11.8 Å². The number of hydrogen-bond donors (Lipinski definition) is 0. The molecule has 0 bridgehead atoms. The number of ether oxygens (including phenoxy) is 1. The molecule has 76 valence electrons. The molecule has 2 aliphatic rings. The predicted molar refractivity (Wildman–Crippen MR) is 50.3 cm³/mol. The number of ketones is 1. The Morgan fingerprint density at radius 3 is 2.71 bits per heavy atom. The molecule has 2 rings (SSSR count). The maximum absolute atomic E-state index is 11.4. The van der Waals surface area contributed by atoms with Crippen molar-refractivity contribution in [2.45, 2.75) is 32.1 Å². The largest absolute Gasteiger partial charge is 0.435 e. The van der Waals surface area contributed by atoms with Gasteiger partial charge in [-0.1, -0.05) is 6.58 Å². The number of carbonyl (C=O) groups is 2. The molecule has 1 unspecified atom stereocenters. The Morgan fingerprint density at radius 2 is 2.14 bits per heavy atom. The molecule has 0 aromatic rings. The molecule has 14 heavy (non-hydrogen) atoms. The van der Waals surface area contributed by atoms with Gasteiger partial charge >= 0.3 is 5.97 Å². The van der Waals surface area contributed by atoms with Gasteiger partial charge in [-0.3, -0.25) is 9.59 Å². The molecule has 1 spiro atoms. The van der Waals surface area contributed by atoms with Crippen LogP contribution in [0.4, 0.5) is 0 Å². The maximum Gasteiger partial charge on any atom is 0.314 e. The summed E-state index contributed by atoms with van der Waals surface area (Å²) in [5.74, 6) is 0.182. The Labute approximate surface area is 83.1 Å². The lowest BCUT2D eigenvalue weighted by atomic mass is 9.84. The van der Waals surface area contributed by atoms with Crippen molar-refractivity contribution in [1.29, 1.82) is 0 Å². The summed E-state index contributed by atoms with van der Waals surface area (Å²) in [6.07, 6.45) is 5.08. The van der Waals surface area contributed by atoms with Gasteiger partial charge in [0.05, 0.1) is 12.2 Å². The minimum absolute atomic E-state index is 0.0219. The number of carbonyl (C=O) groups excluding carboxylic acids is 2. The topological polar surface area (TPSA) is 43.4 Å². The Kier molecular flexibility index (Phi) is 2.17. The van der Waals surface area contributed by atoms with Crippen LogP contribution in [-0.2, 0) is 14.3 Å². The summed E-state index contributed by atoms with van der Waals surface area (Å²) >= 11 is 0. The summed E-state index contributed by atoms with van der Waals surface area (Å²) in [4.78, 5) is 22.4. The van der Waals surface area contributed by atoms with Crippen molar-refractivity contribution in [1.82, 2.24) is 0 Å². The van der Waals surface area contributed by atoms with Gasteiger partial charge in [0, 0.05) is 12.8 Å². The van der Waals surface area contributed by atoms with Crippen LogP contribution in [0.3, 0.4) is 0 Å². The molecule has 0 radical (unpaired) electrons. The molecule has 3 nitrogen and oxygen atoms in total. The van der Waals surface area contributed by atoms with E-state index in [4.69, 9.17) is 4.74 Å². The van der Waals surface area contributed by atoms with E-state index in [1.54, 1.807) is 0 Å². The van der Waals surface area contributed by atoms with Gasteiger partial charge in [-0.15, -0.1) is 0 Å². The maximum atomic E-state index is 11.4. The monoisotopic (exact) mass is 194 g/mol. The molecule has 0 aromatic heterocycles. The van der Waals surface area contributed by atoms with Gasteiger partial charge in [0.2, 0.25) is 0 Å². The van der Waals surface area contributed by atoms with E-state index >= 15 is 0 Å². The van der Waals surface area contributed by atoms with E-state index in [-0.39, 0.29) is 17.3 Å². The van der Waals surface area contributed by atoms with Crippen molar-refractivity contribution in [3.63, 3.8) is 0 Å². The van der Waals surface area contributed by atoms with E-state index in [9.17, 15) is 9.59 Å². The van der Waals surface area contributed by atoms with E-state index in [0.29, 0.717) is 18.6 Å². The van der Waals surface area contributed by atoms with Crippen LogP contribution < -0.4 is 0 Å². The third kappa shape index (κ3) is 1.47. The number of Topliss-reactive ketones (excluding diaryl/α,β-unsaturated/α-hetero) is 1. The van der Waals surface area contributed by atoms with Crippen LogP contribution in [0.25, 0.3) is 0 Å². The fraction of sp³-hybridized carbons (Fsp3) is 0.636. The highest BCUT2D eigenvalue weighted by Gasteiger charge is 2.59. The molecular weight excluding hydrogens is 180 g/mol. The minimum atomic E-state index is -0.172. The van der Waals surface area contributed by atoms with E-state index in [0.717, 1.165) is 19.3 Å². The molecule has 2 fully saturated rings. The second kappa shape index (κ2) is 3.23. The molecule has 0 saturated heterocycles. The van der Waals surface area contributed by atoms with Crippen molar-refractivity contribution in [3.8, 4) is 0 Å². The minimum Gasteiger partial charge on any atom is -0.435 e. The SMILES string of the molecule is C=COC(=O)C1CC12CCC(=O)CC2. The quantitative estimate of drug-likeness (QED) is 0.497. The van der Waals surface area contributed by atoms with Crippen molar-refractivity contribution in [2.24, 2.45) is 11.3 Å². The highest BCUT2D eigenvalue weighted by molar-refractivity contribution is 5.82. The first kappa shape index (κ1) is 9.44. The van der Waals surface area contributed by atoms with E-state index in [1.807, 2.05) is 0 Å². The predicted octanol–water partition coefficient (Wildman–Crippen LogP) is 1.82. The van der Waals surface area contributed by atoms with Crippen LogP contribution in [0.5, 0.6) is 0 Å². The average Bonchev–Trinajstić information content (AvgIpc) is 2.87. The van der Waals surface area contributed by atoms with Crippen LogP contribution in [-0.4, -0.2) is 11.8 Å². The van der Waals surface area contributed by atoms with Crippen molar-refractivity contribution in [2.75, 3.05) is 0 Å². The molecule has 2 saturated carbocycles. The van der Waals surface area contributed by atoms with Gasteiger partial charge in [0.1, 0.15) is 5.78 Å². The standard InChI is InChI=1S/C11H14O3/c1-2-14-10(13)9-7-11(9)5-3-8(12)4-6-11/h2,9H,1,3-7H2. The molecule has 0 N–H and O–H groups in total. The molecule has 1 atom stereocenters. The Balaban J connectivity index is 1.93. The van der Waals surface area contributed by atoms with Crippen LogP contribution in [0.2, 0.25) is 0 Å². The molecule has 3 heteroatoms. The van der Waals surface area contributed by atoms with E-state index in [1.165, 1.54) is 6.26 Å². The van der Waals surface area contributed by atoms with E-state index < -0.39 is 0 Å². The third-order valence-corrected chi connectivity index (χ3v) is 3.48. The molecule has 0 aromatic carbocycles. The van der Waals surface area contributed by atoms with Crippen molar-refractivity contribution < 1.29 is 14.3 Å². The zero-order valence-corrected chi connectivity index (χ0v) is 8.12. The average molecular weight is 194 g/mol. The molecule has 0 aliphatic heterocycles. The molecule has 2 aliphatic carbocycles. The first-order chi connectivity index (χ1) is 6.68. The van der Waals surface area contributed by atoms with Gasteiger partial charge in [0.25, 0.3) is 0 Å². The summed E-state index contributed by atoms with van der Waals surface area (Å²) in [6.45, 7) is 3.36. The third-order valence-electron chi connectivity index (χ3n) is 3.48. The normalized spacial score (nSPS) is 28.6. The van der Waals surface area contributed by atoms with Gasteiger partial charge in [0.15, 0.2) is 0 Å². The second-order valence-corrected chi connectivity index (χ2v) is 4.26. The van der Waals surface area contributed by atoms with Crippen LogP contribution in [0, 0.1) is 11.3 Å². The Morgan fingerprint density at radius 1 is 1.50 bits per heavy atom. The summed E-state index contributed by atoms with van der Waals surface area (Å²) in [7, 11) is 0. The lowest BCUT2D eigenvalue weighted by Gasteiger charge is -2.20. The first-order valence-corrected chi connectivity index (χ1v) is 5.01. The summed E-state index contributed by atoms with van der Waals surface area (Å²) in [5.41, 5.74) is 0.105. The summed E-state index contributed by atoms with van der Waals surface area (Å²) in [6, 6.07) is 0. The fourth-order valence-corrected chi connectivity index (χ4v) is 2.42. The zero-order valence-electron chi connectivity index (χ0n) is 8.12.